The molecule has 0 heterocycles. The molecule has 2 rings (SSSR count). The minimum absolute atomic E-state index is 0. The highest BCUT2D eigenvalue weighted by atomic mass is 35.5. The van der Waals surface area contributed by atoms with Crippen LogP contribution in [0.2, 0.25) is 0 Å². The number of halogens is 1. The van der Waals surface area contributed by atoms with Gasteiger partial charge < -0.3 is 10.1 Å². The fraction of sp³-hybridized carbons (Fsp3) is 0.188. The maximum absolute atomic E-state index is 12.1. The number of hydrogen-bond acceptors (Lipinski definition) is 3. The van der Waals surface area contributed by atoms with Crippen LogP contribution in [0.5, 0.6) is 5.75 Å². The first kappa shape index (κ1) is 16.2. The van der Waals surface area contributed by atoms with Crippen LogP contribution < -0.4 is 10.1 Å². The van der Waals surface area contributed by atoms with E-state index in [2.05, 4.69) is 5.32 Å². The Balaban J connectivity index is 0.00000200. The van der Waals surface area contributed by atoms with Crippen LogP contribution in [0.15, 0.2) is 60.7 Å². The Morgan fingerprint density at radius 1 is 1.05 bits per heavy atom. The van der Waals surface area contributed by atoms with Gasteiger partial charge in [-0.15, -0.1) is 12.4 Å². The summed E-state index contributed by atoms with van der Waals surface area (Å²) in [6.45, 7) is 0. The fourth-order valence-corrected chi connectivity index (χ4v) is 1.83. The summed E-state index contributed by atoms with van der Waals surface area (Å²) >= 11 is 0. The molecular weight excluding hydrogens is 274 g/mol. The van der Waals surface area contributed by atoms with E-state index in [4.69, 9.17) is 4.74 Å². The second-order valence-corrected chi connectivity index (χ2v) is 4.27. The molecule has 0 aliphatic heterocycles. The molecule has 0 bridgehead atoms. The number of hydrogen-bond donors (Lipinski definition) is 1. The third-order valence-corrected chi connectivity index (χ3v) is 2.88. The first-order valence-electron chi connectivity index (χ1n) is 6.27. The molecule has 106 valence electrons. The zero-order chi connectivity index (χ0) is 13.5. The van der Waals surface area contributed by atoms with E-state index in [1.54, 1.807) is 19.2 Å². The molecule has 0 fully saturated rings. The zero-order valence-corrected chi connectivity index (χ0v) is 12.1. The van der Waals surface area contributed by atoms with Crippen molar-refractivity contribution >= 4 is 18.4 Å². The summed E-state index contributed by atoms with van der Waals surface area (Å²) in [5.41, 5.74) is 1.10. The average Bonchev–Trinajstić information content (AvgIpc) is 2.47. The number of benzene rings is 2. The molecule has 0 unspecified atom stereocenters. The van der Waals surface area contributed by atoms with Crippen LogP contribution in [0.4, 0.5) is 0 Å². The maximum Gasteiger partial charge on any atom is 0.328 e. The van der Waals surface area contributed by atoms with Crippen LogP contribution in [0.1, 0.15) is 5.56 Å². The summed E-state index contributed by atoms with van der Waals surface area (Å²) in [6.07, 6.45) is 0.614. The Hall–Kier alpha value is -1.84. The molecule has 0 saturated carbocycles. The molecule has 1 N–H and O–H groups in total. The molecule has 2 aromatic rings. The minimum atomic E-state index is -0.345. The molecule has 2 aromatic carbocycles. The van der Waals surface area contributed by atoms with E-state index < -0.39 is 0 Å². The predicted molar refractivity (Wildman–Crippen MR) is 82.3 cm³/mol. The van der Waals surface area contributed by atoms with E-state index in [0.29, 0.717) is 12.2 Å². The number of carbonyl (C=O) groups excluding carboxylic acids is 1. The minimum Gasteiger partial charge on any atom is -0.425 e. The van der Waals surface area contributed by atoms with Gasteiger partial charge in [-0.3, -0.25) is 0 Å². The molecule has 0 saturated heterocycles. The molecular formula is C16H18ClNO2. The number of likely N-dealkylation sites (N-methyl/N-ethyl adjacent to an activating group) is 1. The highest BCUT2D eigenvalue weighted by molar-refractivity contribution is 5.85. The van der Waals surface area contributed by atoms with Gasteiger partial charge >= 0.3 is 5.97 Å². The molecule has 0 spiro atoms. The van der Waals surface area contributed by atoms with E-state index in [1.807, 2.05) is 48.5 Å². The van der Waals surface area contributed by atoms with Crippen molar-refractivity contribution in [2.75, 3.05) is 7.05 Å². The number of nitrogens with one attached hydrogen (secondary N) is 1. The summed E-state index contributed by atoms with van der Waals surface area (Å²) in [4.78, 5) is 12.1. The Kier molecular flexibility index (Phi) is 6.77. The van der Waals surface area contributed by atoms with Gasteiger partial charge in [-0.2, -0.15) is 0 Å². The molecule has 20 heavy (non-hydrogen) atoms. The van der Waals surface area contributed by atoms with Gasteiger partial charge in [0, 0.05) is 0 Å². The van der Waals surface area contributed by atoms with Crippen molar-refractivity contribution in [2.45, 2.75) is 12.5 Å². The van der Waals surface area contributed by atoms with Gasteiger partial charge in [-0.25, -0.2) is 4.79 Å². The molecule has 0 radical (unpaired) electrons. The van der Waals surface area contributed by atoms with Gasteiger partial charge in [0.25, 0.3) is 0 Å². The highest BCUT2D eigenvalue weighted by Gasteiger charge is 2.18. The molecule has 0 amide bonds. The van der Waals surface area contributed by atoms with Crippen LogP contribution >= 0.6 is 12.4 Å². The lowest BCUT2D eigenvalue weighted by Gasteiger charge is -2.15. The van der Waals surface area contributed by atoms with E-state index in [9.17, 15) is 4.79 Å². The monoisotopic (exact) mass is 291 g/mol. The quantitative estimate of drug-likeness (QED) is 0.680. The van der Waals surface area contributed by atoms with Gasteiger partial charge in [0.05, 0.1) is 0 Å². The summed E-state index contributed by atoms with van der Waals surface area (Å²) in [7, 11) is 1.76. The topological polar surface area (TPSA) is 38.3 Å². The van der Waals surface area contributed by atoms with Crippen molar-refractivity contribution in [3.05, 3.63) is 66.2 Å². The van der Waals surface area contributed by atoms with Gasteiger partial charge in [0.15, 0.2) is 0 Å². The lowest BCUT2D eigenvalue weighted by Crippen LogP contribution is -2.39. The van der Waals surface area contributed by atoms with Crippen molar-refractivity contribution < 1.29 is 9.53 Å². The van der Waals surface area contributed by atoms with E-state index in [-0.39, 0.29) is 24.4 Å². The zero-order valence-electron chi connectivity index (χ0n) is 11.3. The summed E-state index contributed by atoms with van der Waals surface area (Å²) in [6, 6.07) is 18.7. The summed E-state index contributed by atoms with van der Waals surface area (Å²) < 4.78 is 5.34. The van der Waals surface area contributed by atoms with Crippen molar-refractivity contribution in [2.24, 2.45) is 0 Å². The first-order valence-corrected chi connectivity index (χ1v) is 6.27. The van der Waals surface area contributed by atoms with Crippen molar-refractivity contribution in [1.29, 1.82) is 0 Å². The predicted octanol–water partition coefficient (Wildman–Crippen LogP) is 2.84. The van der Waals surface area contributed by atoms with E-state index >= 15 is 0 Å². The van der Waals surface area contributed by atoms with Crippen molar-refractivity contribution in [1.82, 2.24) is 5.32 Å². The third kappa shape index (κ3) is 4.68. The lowest BCUT2D eigenvalue weighted by molar-refractivity contribution is -0.136. The molecule has 0 aliphatic carbocycles. The fourth-order valence-electron chi connectivity index (χ4n) is 1.83. The van der Waals surface area contributed by atoms with Crippen molar-refractivity contribution in [3.8, 4) is 5.75 Å². The summed E-state index contributed by atoms with van der Waals surface area (Å²) in [5, 5.41) is 3.00. The van der Waals surface area contributed by atoms with Crippen LogP contribution in [0.25, 0.3) is 0 Å². The average molecular weight is 292 g/mol. The molecule has 0 aromatic heterocycles. The standard InChI is InChI=1S/C16H17NO2.ClH/c1-17-15(12-13-8-4-2-5-9-13)16(18)19-14-10-6-3-7-11-14;/h2-11,15,17H,12H2,1H3;1H/t15-;/m0./s1. The maximum atomic E-state index is 12.1. The van der Waals surface area contributed by atoms with Crippen LogP contribution in [0.3, 0.4) is 0 Å². The normalized spacial score (nSPS) is 11.2. The van der Waals surface area contributed by atoms with Crippen LogP contribution in [-0.2, 0) is 11.2 Å². The smallest absolute Gasteiger partial charge is 0.328 e. The Morgan fingerprint density at radius 3 is 2.15 bits per heavy atom. The van der Waals surface area contributed by atoms with E-state index in [1.165, 1.54) is 0 Å². The Labute approximate surface area is 125 Å². The SMILES string of the molecule is CN[C@@H](Cc1ccccc1)C(=O)Oc1ccccc1.Cl. The number of rotatable bonds is 5. The van der Waals surface area contributed by atoms with Gasteiger partial charge in [0.2, 0.25) is 0 Å². The number of ether oxygens (including phenoxy) is 1. The third-order valence-electron chi connectivity index (χ3n) is 2.88. The largest absolute Gasteiger partial charge is 0.425 e. The molecule has 3 nitrogen and oxygen atoms in total. The highest BCUT2D eigenvalue weighted by Crippen LogP contribution is 2.11. The van der Waals surface area contributed by atoms with Crippen LogP contribution in [-0.4, -0.2) is 19.1 Å². The van der Waals surface area contributed by atoms with Gasteiger partial charge in [-0.1, -0.05) is 48.5 Å². The van der Waals surface area contributed by atoms with Crippen LogP contribution in [0, 0.1) is 0 Å². The van der Waals surface area contributed by atoms with Gasteiger partial charge in [-0.05, 0) is 31.2 Å². The number of esters is 1. The molecule has 0 aliphatic rings. The molecule has 4 heteroatoms. The number of para-hydroxylation sites is 1. The van der Waals surface area contributed by atoms with Crippen molar-refractivity contribution in [3.63, 3.8) is 0 Å². The first-order chi connectivity index (χ1) is 9.29. The second-order valence-electron chi connectivity index (χ2n) is 4.27. The van der Waals surface area contributed by atoms with E-state index in [0.717, 1.165) is 5.56 Å². The number of carbonyl (C=O) groups is 1. The Bertz CT molecular complexity index is 517. The summed E-state index contributed by atoms with van der Waals surface area (Å²) in [5.74, 6) is 0.304. The second kappa shape index (κ2) is 8.35. The van der Waals surface area contributed by atoms with Gasteiger partial charge in [0.1, 0.15) is 11.8 Å². The Morgan fingerprint density at radius 2 is 1.60 bits per heavy atom. The lowest BCUT2D eigenvalue weighted by atomic mass is 10.1. The molecule has 1 atom stereocenters.